The smallest absolute Gasteiger partial charge is 0.262 e. The molecule has 1 fully saturated rings. The summed E-state index contributed by atoms with van der Waals surface area (Å²) in [7, 11) is -0.619. The number of hydrogen-bond acceptors (Lipinski definition) is 4. The second-order valence-corrected chi connectivity index (χ2v) is 6.87. The number of carbonyl (C=O) groups is 1. The van der Waals surface area contributed by atoms with Gasteiger partial charge in [-0.25, -0.2) is 0 Å². The molecule has 0 unspecified atom stereocenters. The van der Waals surface area contributed by atoms with Gasteiger partial charge in [-0.3, -0.25) is 9.00 Å². The van der Waals surface area contributed by atoms with Crippen LogP contribution in [0.1, 0.15) is 18.4 Å². The SMILES string of the molecule is O=C1COc2ccc(CNC3CCS(=O)CC3)cc2N1. The number of carbonyl (C=O) groups excluding carboxylic acids is 1. The number of anilines is 1. The van der Waals surface area contributed by atoms with E-state index in [1.165, 1.54) is 0 Å². The molecule has 0 aromatic heterocycles. The summed E-state index contributed by atoms with van der Waals surface area (Å²) < 4.78 is 16.6. The van der Waals surface area contributed by atoms with E-state index in [2.05, 4.69) is 10.6 Å². The second-order valence-electron chi connectivity index (χ2n) is 5.17. The van der Waals surface area contributed by atoms with Crippen molar-refractivity contribution in [3.05, 3.63) is 23.8 Å². The van der Waals surface area contributed by atoms with E-state index in [0.29, 0.717) is 6.04 Å². The Hall–Kier alpha value is -1.40. The highest BCUT2D eigenvalue weighted by atomic mass is 32.2. The van der Waals surface area contributed by atoms with E-state index in [0.717, 1.165) is 47.9 Å². The lowest BCUT2D eigenvalue weighted by atomic mass is 10.1. The number of amides is 1. The molecule has 1 amide bonds. The number of benzene rings is 1. The molecule has 0 aliphatic carbocycles. The molecule has 108 valence electrons. The highest BCUT2D eigenvalue weighted by Gasteiger charge is 2.18. The van der Waals surface area contributed by atoms with Gasteiger partial charge in [0.05, 0.1) is 5.69 Å². The Balaban J connectivity index is 1.59. The predicted molar refractivity (Wildman–Crippen MR) is 78.3 cm³/mol. The number of ether oxygens (including phenoxy) is 1. The standard InChI is InChI=1S/C14H18N2O3S/c17-14-9-19-13-2-1-10(7-12(13)16-14)8-15-11-3-5-20(18)6-4-11/h1-2,7,11,15H,3-6,8-9H2,(H,16,17). The van der Waals surface area contributed by atoms with Crippen LogP contribution in [-0.4, -0.2) is 34.3 Å². The average Bonchev–Trinajstić information content (AvgIpc) is 2.46. The highest BCUT2D eigenvalue weighted by Crippen LogP contribution is 2.28. The van der Waals surface area contributed by atoms with Crippen molar-refractivity contribution in [1.29, 1.82) is 0 Å². The second kappa shape index (κ2) is 5.93. The molecular weight excluding hydrogens is 276 g/mol. The summed E-state index contributed by atoms with van der Waals surface area (Å²) in [5.41, 5.74) is 1.85. The van der Waals surface area contributed by atoms with Crippen molar-refractivity contribution in [2.24, 2.45) is 0 Å². The molecule has 2 heterocycles. The summed E-state index contributed by atoms with van der Waals surface area (Å²) in [6, 6.07) is 6.28. The fourth-order valence-corrected chi connectivity index (χ4v) is 3.80. The number of nitrogens with one attached hydrogen (secondary N) is 2. The van der Waals surface area contributed by atoms with Crippen LogP contribution in [0.2, 0.25) is 0 Å². The molecule has 2 aliphatic heterocycles. The Kier molecular flexibility index (Phi) is 4.03. The fraction of sp³-hybridized carbons (Fsp3) is 0.500. The molecule has 0 radical (unpaired) electrons. The Morgan fingerprint density at radius 3 is 2.95 bits per heavy atom. The molecule has 1 saturated heterocycles. The van der Waals surface area contributed by atoms with Gasteiger partial charge >= 0.3 is 0 Å². The van der Waals surface area contributed by atoms with Gasteiger partial charge in [0.2, 0.25) is 0 Å². The maximum absolute atomic E-state index is 11.3. The molecule has 6 heteroatoms. The summed E-state index contributed by atoms with van der Waals surface area (Å²) in [6.45, 7) is 0.838. The van der Waals surface area contributed by atoms with E-state index in [-0.39, 0.29) is 12.5 Å². The monoisotopic (exact) mass is 294 g/mol. The topological polar surface area (TPSA) is 67.4 Å². The highest BCUT2D eigenvalue weighted by molar-refractivity contribution is 7.85. The molecule has 0 atom stereocenters. The van der Waals surface area contributed by atoms with Gasteiger partial charge in [-0.15, -0.1) is 0 Å². The maximum atomic E-state index is 11.3. The van der Waals surface area contributed by atoms with Gasteiger partial charge in [-0.05, 0) is 30.5 Å². The van der Waals surface area contributed by atoms with Gasteiger partial charge in [-0.2, -0.15) is 0 Å². The normalized spacial score (nSPS) is 25.5. The number of fused-ring (bicyclic) bond motifs is 1. The van der Waals surface area contributed by atoms with Crippen molar-refractivity contribution >= 4 is 22.4 Å². The Bertz CT molecular complexity index is 537. The summed E-state index contributed by atoms with van der Waals surface area (Å²) in [4.78, 5) is 11.3. The molecule has 5 nitrogen and oxygen atoms in total. The summed E-state index contributed by atoms with van der Waals surface area (Å²) in [6.07, 6.45) is 1.94. The quantitative estimate of drug-likeness (QED) is 0.873. The molecule has 2 N–H and O–H groups in total. The summed E-state index contributed by atoms with van der Waals surface area (Å²) in [5.74, 6) is 2.20. The average molecular weight is 294 g/mol. The van der Waals surface area contributed by atoms with Crippen LogP contribution in [-0.2, 0) is 22.1 Å². The lowest BCUT2D eigenvalue weighted by Gasteiger charge is -2.23. The van der Waals surface area contributed by atoms with E-state index >= 15 is 0 Å². The lowest BCUT2D eigenvalue weighted by molar-refractivity contribution is -0.118. The zero-order valence-electron chi connectivity index (χ0n) is 11.2. The summed E-state index contributed by atoms with van der Waals surface area (Å²) >= 11 is 0. The van der Waals surface area contributed by atoms with Gasteiger partial charge in [0, 0.05) is 34.9 Å². The van der Waals surface area contributed by atoms with E-state index in [1.807, 2.05) is 18.2 Å². The molecule has 3 rings (SSSR count). The third-order valence-corrected chi connectivity index (χ3v) is 5.04. The zero-order valence-corrected chi connectivity index (χ0v) is 12.0. The van der Waals surface area contributed by atoms with Crippen LogP contribution in [0.15, 0.2) is 18.2 Å². The molecule has 0 bridgehead atoms. The number of rotatable bonds is 3. The lowest BCUT2D eigenvalue weighted by Crippen LogP contribution is -2.35. The van der Waals surface area contributed by atoms with Crippen molar-refractivity contribution in [1.82, 2.24) is 5.32 Å². The molecule has 1 aromatic carbocycles. The Morgan fingerprint density at radius 1 is 1.35 bits per heavy atom. The van der Waals surface area contributed by atoms with Gasteiger partial charge in [0.25, 0.3) is 5.91 Å². The van der Waals surface area contributed by atoms with Gasteiger partial charge in [0.15, 0.2) is 6.61 Å². The van der Waals surface area contributed by atoms with E-state index in [1.54, 1.807) is 0 Å². The molecule has 20 heavy (non-hydrogen) atoms. The van der Waals surface area contributed by atoms with Gasteiger partial charge < -0.3 is 15.4 Å². The first-order valence-corrected chi connectivity index (χ1v) is 8.33. The molecule has 2 aliphatic rings. The molecule has 0 spiro atoms. The molecule has 0 saturated carbocycles. The van der Waals surface area contributed by atoms with Crippen LogP contribution in [0.3, 0.4) is 0 Å². The van der Waals surface area contributed by atoms with Crippen LogP contribution in [0.25, 0.3) is 0 Å². The first kappa shape index (κ1) is 13.6. The predicted octanol–water partition coefficient (Wildman–Crippen LogP) is 1.02. The van der Waals surface area contributed by atoms with Crippen LogP contribution < -0.4 is 15.4 Å². The van der Waals surface area contributed by atoms with Crippen molar-refractivity contribution < 1.29 is 13.7 Å². The third-order valence-electron chi connectivity index (χ3n) is 3.66. The minimum absolute atomic E-state index is 0.0871. The number of hydrogen-bond donors (Lipinski definition) is 2. The van der Waals surface area contributed by atoms with E-state index < -0.39 is 10.8 Å². The Labute approximate surface area is 120 Å². The van der Waals surface area contributed by atoms with Crippen LogP contribution in [0.4, 0.5) is 5.69 Å². The van der Waals surface area contributed by atoms with E-state index in [9.17, 15) is 9.00 Å². The van der Waals surface area contributed by atoms with Crippen molar-refractivity contribution in [2.45, 2.75) is 25.4 Å². The van der Waals surface area contributed by atoms with Crippen molar-refractivity contribution in [3.63, 3.8) is 0 Å². The van der Waals surface area contributed by atoms with Crippen LogP contribution in [0, 0.1) is 0 Å². The first-order chi connectivity index (χ1) is 9.70. The Morgan fingerprint density at radius 2 is 2.15 bits per heavy atom. The first-order valence-electron chi connectivity index (χ1n) is 6.84. The molecular formula is C14H18N2O3S. The van der Waals surface area contributed by atoms with Gasteiger partial charge in [-0.1, -0.05) is 6.07 Å². The fourth-order valence-electron chi connectivity index (χ4n) is 2.50. The van der Waals surface area contributed by atoms with Crippen molar-refractivity contribution in [2.75, 3.05) is 23.4 Å². The third kappa shape index (κ3) is 3.19. The largest absolute Gasteiger partial charge is 0.482 e. The summed E-state index contributed by atoms with van der Waals surface area (Å²) in [5, 5.41) is 6.30. The zero-order chi connectivity index (χ0) is 13.9. The van der Waals surface area contributed by atoms with E-state index in [4.69, 9.17) is 4.74 Å². The van der Waals surface area contributed by atoms with Crippen molar-refractivity contribution in [3.8, 4) is 5.75 Å². The van der Waals surface area contributed by atoms with Crippen LogP contribution >= 0.6 is 0 Å². The maximum Gasteiger partial charge on any atom is 0.262 e. The van der Waals surface area contributed by atoms with Gasteiger partial charge in [0.1, 0.15) is 5.75 Å². The minimum atomic E-state index is -0.619. The van der Waals surface area contributed by atoms with Crippen LogP contribution in [0.5, 0.6) is 5.75 Å². The molecule has 1 aromatic rings. The minimum Gasteiger partial charge on any atom is -0.482 e.